The van der Waals surface area contributed by atoms with Crippen molar-refractivity contribution in [2.24, 2.45) is 0 Å². The summed E-state index contributed by atoms with van der Waals surface area (Å²) in [5.74, 6) is 1.08. The van der Waals surface area contributed by atoms with Gasteiger partial charge in [0.05, 0.1) is 23.2 Å². The van der Waals surface area contributed by atoms with Gasteiger partial charge in [-0.05, 0) is 26.2 Å². The van der Waals surface area contributed by atoms with Gasteiger partial charge in [-0.2, -0.15) is 0 Å². The molecular weight excluding hydrogens is 272 g/mol. The number of ether oxygens (including phenoxy) is 1. The van der Waals surface area contributed by atoms with E-state index in [4.69, 9.17) is 4.74 Å². The summed E-state index contributed by atoms with van der Waals surface area (Å²) in [6.45, 7) is 5.47. The van der Waals surface area contributed by atoms with E-state index in [0.717, 1.165) is 32.4 Å². The van der Waals surface area contributed by atoms with Crippen molar-refractivity contribution in [2.45, 2.75) is 45.3 Å². The minimum absolute atomic E-state index is 0.0479. The number of pyridine rings is 1. The fourth-order valence-corrected chi connectivity index (χ4v) is 2.30. The van der Waals surface area contributed by atoms with Gasteiger partial charge in [0.25, 0.3) is 5.69 Å². The lowest BCUT2D eigenvalue weighted by Crippen LogP contribution is -2.41. The molecule has 21 heavy (non-hydrogen) atoms. The zero-order valence-corrected chi connectivity index (χ0v) is 12.5. The van der Waals surface area contributed by atoms with Crippen LogP contribution in [-0.2, 0) is 4.74 Å². The molecule has 1 aromatic rings. The highest BCUT2D eigenvalue weighted by molar-refractivity contribution is 5.55. The summed E-state index contributed by atoms with van der Waals surface area (Å²) in [6.07, 6.45) is 3.06. The van der Waals surface area contributed by atoms with Crippen LogP contribution in [0.4, 0.5) is 17.3 Å². The Morgan fingerprint density at radius 1 is 1.38 bits per heavy atom. The smallest absolute Gasteiger partial charge is 0.276 e. The summed E-state index contributed by atoms with van der Waals surface area (Å²) in [4.78, 5) is 15.0. The summed E-state index contributed by atoms with van der Waals surface area (Å²) >= 11 is 0. The third-order valence-electron chi connectivity index (χ3n) is 3.43. The first kappa shape index (κ1) is 15.5. The van der Waals surface area contributed by atoms with E-state index < -0.39 is 4.92 Å². The third-order valence-corrected chi connectivity index (χ3v) is 3.43. The molecule has 7 heteroatoms. The summed E-state index contributed by atoms with van der Waals surface area (Å²) in [5.41, 5.74) is 0.0479. The molecule has 0 radical (unpaired) electrons. The van der Waals surface area contributed by atoms with E-state index in [-0.39, 0.29) is 11.7 Å². The van der Waals surface area contributed by atoms with E-state index in [1.165, 1.54) is 12.1 Å². The molecule has 7 nitrogen and oxygen atoms in total. The zero-order valence-electron chi connectivity index (χ0n) is 12.5. The molecule has 0 atom stereocenters. The minimum atomic E-state index is -0.395. The normalized spacial score (nSPS) is 20.7. The van der Waals surface area contributed by atoms with Crippen molar-refractivity contribution in [1.29, 1.82) is 0 Å². The van der Waals surface area contributed by atoms with Gasteiger partial charge >= 0.3 is 0 Å². The minimum Gasteiger partial charge on any atom is -0.378 e. The molecule has 0 aliphatic heterocycles. The molecule has 2 rings (SSSR count). The Labute approximate surface area is 124 Å². The molecular formula is C14H22N4O3. The van der Waals surface area contributed by atoms with Crippen LogP contribution in [0.3, 0.4) is 0 Å². The maximum Gasteiger partial charge on any atom is 0.276 e. The predicted octanol–water partition coefficient (Wildman–Crippen LogP) is 2.79. The number of nitrogens with zero attached hydrogens (tertiary/aromatic N) is 2. The largest absolute Gasteiger partial charge is 0.378 e. The number of anilines is 2. The van der Waals surface area contributed by atoms with Gasteiger partial charge in [-0.25, -0.2) is 4.98 Å². The van der Waals surface area contributed by atoms with Gasteiger partial charge in [-0.3, -0.25) is 10.1 Å². The second kappa shape index (κ2) is 7.21. The highest BCUT2D eigenvalue weighted by Crippen LogP contribution is 2.28. The van der Waals surface area contributed by atoms with Crippen molar-refractivity contribution in [3.05, 3.63) is 22.2 Å². The summed E-state index contributed by atoms with van der Waals surface area (Å²) < 4.78 is 5.50. The van der Waals surface area contributed by atoms with Crippen LogP contribution in [-0.4, -0.2) is 35.2 Å². The first-order valence-corrected chi connectivity index (χ1v) is 7.40. The molecule has 1 heterocycles. The van der Waals surface area contributed by atoms with E-state index in [2.05, 4.69) is 15.6 Å². The standard InChI is InChI=1S/C14H22N4O3/c1-3-5-15-13-8-11(18(19)20)9-14(17-13)16-10-6-12(7-10)21-4-2/h8-10,12H,3-7H2,1-2H3,(H2,15,16,17). The number of rotatable bonds is 8. The van der Waals surface area contributed by atoms with E-state index in [9.17, 15) is 10.1 Å². The zero-order chi connectivity index (χ0) is 15.2. The molecule has 116 valence electrons. The van der Waals surface area contributed by atoms with Crippen LogP contribution < -0.4 is 10.6 Å². The SMILES string of the molecule is CCCNc1cc([N+](=O)[O-])cc(NC2CC(OCC)C2)n1. The first-order chi connectivity index (χ1) is 10.1. The topological polar surface area (TPSA) is 89.3 Å². The molecule has 0 saturated heterocycles. The van der Waals surface area contributed by atoms with Gasteiger partial charge in [0.1, 0.15) is 11.6 Å². The van der Waals surface area contributed by atoms with E-state index in [0.29, 0.717) is 17.7 Å². The highest BCUT2D eigenvalue weighted by Gasteiger charge is 2.30. The van der Waals surface area contributed by atoms with E-state index in [1.807, 2.05) is 13.8 Å². The van der Waals surface area contributed by atoms with Gasteiger partial charge in [-0.15, -0.1) is 0 Å². The van der Waals surface area contributed by atoms with Crippen molar-refractivity contribution >= 4 is 17.3 Å². The Morgan fingerprint density at radius 2 is 2.10 bits per heavy atom. The van der Waals surface area contributed by atoms with Crippen LogP contribution >= 0.6 is 0 Å². The molecule has 1 aromatic heterocycles. The van der Waals surface area contributed by atoms with Crippen LogP contribution in [0.25, 0.3) is 0 Å². The Hall–Kier alpha value is -1.89. The highest BCUT2D eigenvalue weighted by atomic mass is 16.6. The van der Waals surface area contributed by atoms with Crippen molar-refractivity contribution < 1.29 is 9.66 Å². The molecule has 0 unspecified atom stereocenters. The maximum absolute atomic E-state index is 11.0. The van der Waals surface area contributed by atoms with Gasteiger partial charge < -0.3 is 15.4 Å². The second-order valence-corrected chi connectivity index (χ2v) is 5.17. The number of nitro groups is 1. The van der Waals surface area contributed by atoms with Gasteiger partial charge in [0, 0.05) is 19.2 Å². The van der Waals surface area contributed by atoms with Crippen LogP contribution in [0.2, 0.25) is 0 Å². The molecule has 1 aliphatic carbocycles. The fraction of sp³-hybridized carbons (Fsp3) is 0.643. The molecule has 1 saturated carbocycles. The van der Waals surface area contributed by atoms with Crippen molar-refractivity contribution in [3.8, 4) is 0 Å². The van der Waals surface area contributed by atoms with Gasteiger partial charge in [-0.1, -0.05) is 6.92 Å². The summed E-state index contributed by atoms with van der Waals surface area (Å²) in [7, 11) is 0. The summed E-state index contributed by atoms with van der Waals surface area (Å²) in [6, 6.07) is 3.21. The van der Waals surface area contributed by atoms with E-state index >= 15 is 0 Å². The molecule has 0 spiro atoms. The molecule has 0 aromatic carbocycles. The van der Waals surface area contributed by atoms with Crippen LogP contribution in [0, 0.1) is 10.1 Å². The second-order valence-electron chi connectivity index (χ2n) is 5.17. The third kappa shape index (κ3) is 4.29. The Kier molecular flexibility index (Phi) is 5.32. The lowest BCUT2D eigenvalue weighted by Gasteiger charge is -2.35. The van der Waals surface area contributed by atoms with Crippen molar-refractivity contribution in [1.82, 2.24) is 4.98 Å². The average Bonchev–Trinajstić information content (AvgIpc) is 2.42. The Bertz CT molecular complexity index is 489. The first-order valence-electron chi connectivity index (χ1n) is 7.40. The molecule has 0 amide bonds. The molecule has 1 aliphatic rings. The van der Waals surface area contributed by atoms with Crippen LogP contribution in [0.15, 0.2) is 12.1 Å². The monoisotopic (exact) mass is 294 g/mol. The fourth-order valence-electron chi connectivity index (χ4n) is 2.30. The Morgan fingerprint density at radius 3 is 2.71 bits per heavy atom. The predicted molar refractivity (Wildman–Crippen MR) is 81.7 cm³/mol. The quantitative estimate of drug-likeness (QED) is 0.566. The average molecular weight is 294 g/mol. The molecule has 0 bridgehead atoms. The lowest BCUT2D eigenvalue weighted by molar-refractivity contribution is -0.384. The molecule has 1 fully saturated rings. The molecule has 2 N–H and O–H groups in total. The van der Waals surface area contributed by atoms with Crippen molar-refractivity contribution in [2.75, 3.05) is 23.8 Å². The van der Waals surface area contributed by atoms with Gasteiger partial charge in [0.2, 0.25) is 0 Å². The summed E-state index contributed by atoms with van der Waals surface area (Å²) in [5, 5.41) is 17.3. The number of hydrogen-bond donors (Lipinski definition) is 2. The number of aromatic nitrogens is 1. The lowest BCUT2D eigenvalue weighted by atomic mass is 9.89. The Balaban J connectivity index is 2.01. The number of hydrogen-bond acceptors (Lipinski definition) is 6. The number of nitrogens with one attached hydrogen (secondary N) is 2. The van der Waals surface area contributed by atoms with Crippen LogP contribution in [0.1, 0.15) is 33.1 Å². The van der Waals surface area contributed by atoms with Gasteiger partial charge in [0.15, 0.2) is 0 Å². The van der Waals surface area contributed by atoms with E-state index in [1.54, 1.807) is 0 Å². The van der Waals surface area contributed by atoms with Crippen molar-refractivity contribution in [3.63, 3.8) is 0 Å². The van der Waals surface area contributed by atoms with Crippen LogP contribution in [0.5, 0.6) is 0 Å². The maximum atomic E-state index is 11.0.